The Morgan fingerprint density at radius 3 is 2.48 bits per heavy atom. The Labute approximate surface area is 159 Å². The van der Waals surface area contributed by atoms with Crippen molar-refractivity contribution in [3.63, 3.8) is 0 Å². The highest BCUT2D eigenvalue weighted by atomic mass is 16.5. The molecule has 1 aliphatic rings. The maximum atomic E-state index is 12.9. The van der Waals surface area contributed by atoms with Gasteiger partial charge in [-0.05, 0) is 54.4 Å². The van der Waals surface area contributed by atoms with Crippen LogP contribution in [0.25, 0.3) is 0 Å². The number of benzene rings is 1. The number of morpholine rings is 1. The van der Waals surface area contributed by atoms with Crippen LogP contribution in [0.4, 0.5) is 0 Å². The number of aromatic nitrogens is 1. The molecule has 1 unspecified atom stereocenters. The van der Waals surface area contributed by atoms with Gasteiger partial charge in [0, 0.05) is 25.5 Å². The maximum absolute atomic E-state index is 12.9. The third-order valence-electron chi connectivity index (χ3n) is 4.52. The van der Waals surface area contributed by atoms with Crippen molar-refractivity contribution < 1.29 is 14.3 Å². The minimum atomic E-state index is -0.427. The first-order valence-corrected chi connectivity index (χ1v) is 8.89. The summed E-state index contributed by atoms with van der Waals surface area (Å²) in [5.74, 6) is 0.608. The number of methoxy groups -OCH3 is 1. The molecule has 0 aliphatic carbocycles. The smallest absolute Gasteiger partial charge is 0.262 e. The lowest BCUT2D eigenvalue weighted by atomic mass is 10.1. The molecule has 2 heterocycles. The molecule has 2 aromatic rings. The number of carbonyl (C=O) groups is 1. The molecule has 142 valence electrons. The number of rotatable bonds is 6. The molecule has 1 aromatic heterocycles. The molecule has 1 atom stereocenters. The number of pyridine rings is 1. The Balaban J connectivity index is 1.75. The molecule has 0 bridgehead atoms. The highest BCUT2D eigenvalue weighted by Crippen LogP contribution is 2.21. The van der Waals surface area contributed by atoms with E-state index >= 15 is 0 Å². The molecule has 1 fully saturated rings. The van der Waals surface area contributed by atoms with E-state index in [2.05, 4.69) is 20.4 Å². The zero-order valence-corrected chi connectivity index (χ0v) is 15.6. The summed E-state index contributed by atoms with van der Waals surface area (Å²) in [6.45, 7) is 4.48. The quantitative estimate of drug-likeness (QED) is 0.623. The van der Waals surface area contributed by atoms with Gasteiger partial charge in [0.05, 0.1) is 26.0 Å². The molecule has 0 saturated carbocycles. The van der Waals surface area contributed by atoms with Crippen LogP contribution in [0.5, 0.6) is 5.75 Å². The van der Waals surface area contributed by atoms with E-state index in [1.807, 2.05) is 43.3 Å². The Kier molecular flexibility index (Phi) is 6.51. The fraction of sp³-hybridized carbons (Fsp3) is 0.350. The van der Waals surface area contributed by atoms with Crippen LogP contribution in [0, 0.1) is 0 Å². The van der Waals surface area contributed by atoms with E-state index in [1.165, 1.54) is 0 Å². The van der Waals surface area contributed by atoms with Crippen molar-refractivity contribution in [2.45, 2.75) is 13.0 Å². The van der Waals surface area contributed by atoms with Crippen molar-refractivity contribution in [1.29, 1.82) is 0 Å². The van der Waals surface area contributed by atoms with Crippen molar-refractivity contribution in [2.24, 2.45) is 5.10 Å². The van der Waals surface area contributed by atoms with E-state index in [-0.39, 0.29) is 5.91 Å². The molecule has 1 amide bonds. The summed E-state index contributed by atoms with van der Waals surface area (Å²) < 4.78 is 10.6. The molecule has 0 radical (unpaired) electrons. The van der Waals surface area contributed by atoms with Crippen LogP contribution in [0.15, 0.2) is 53.9 Å². The molecule has 1 N–H and O–H groups in total. The van der Waals surface area contributed by atoms with Gasteiger partial charge in [0.1, 0.15) is 11.8 Å². The fourth-order valence-corrected chi connectivity index (χ4v) is 3.01. The summed E-state index contributed by atoms with van der Waals surface area (Å²) in [4.78, 5) is 19.1. The number of amides is 1. The lowest BCUT2D eigenvalue weighted by molar-refractivity contribution is -0.128. The standard InChI is InChI=1S/C20H24N4O3/c1-15(16-3-5-18(26-2)6-4-16)22-23-20(25)19(17-7-9-21-10-8-17)24-11-13-27-14-12-24/h3-10,19H,11-14H2,1-2H3,(H,23,25)/b22-15+. The normalized spacial score (nSPS) is 16.6. The van der Waals surface area contributed by atoms with Crippen molar-refractivity contribution >= 4 is 11.6 Å². The molecule has 1 saturated heterocycles. The summed E-state index contributed by atoms with van der Waals surface area (Å²) in [5.41, 5.74) is 5.25. The molecule has 1 aromatic carbocycles. The van der Waals surface area contributed by atoms with Crippen molar-refractivity contribution in [1.82, 2.24) is 15.3 Å². The third-order valence-corrected chi connectivity index (χ3v) is 4.52. The van der Waals surface area contributed by atoms with E-state index in [0.29, 0.717) is 26.3 Å². The third kappa shape index (κ3) is 4.90. The molecular weight excluding hydrogens is 344 g/mol. The van der Waals surface area contributed by atoms with E-state index in [9.17, 15) is 4.79 Å². The number of nitrogens with one attached hydrogen (secondary N) is 1. The molecule has 0 spiro atoms. The topological polar surface area (TPSA) is 76.0 Å². The highest BCUT2D eigenvalue weighted by Gasteiger charge is 2.29. The summed E-state index contributed by atoms with van der Waals surface area (Å²) in [6, 6.07) is 10.8. The van der Waals surface area contributed by atoms with E-state index < -0.39 is 6.04 Å². The van der Waals surface area contributed by atoms with Crippen molar-refractivity contribution in [3.8, 4) is 5.75 Å². The van der Waals surface area contributed by atoms with Gasteiger partial charge in [0.2, 0.25) is 0 Å². The monoisotopic (exact) mass is 368 g/mol. The van der Waals surface area contributed by atoms with Crippen LogP contribution in [0.2, 0.25) is 0 Å². The van der Waals surface area contributed by atoms with E-state index in [4.69, 9.17) is 9.47 Å². The van der Waals surface area contributed by atoms with Gasteiger partial charge in [0.15, 0.2) is 0 Å². The summed E-state index contributed by atoms with van der Waals surface area (Å²) >= 11 is 0. The van der Waals surface area contributed by atoms with Gasteiger partial charge in [-0.3, -0.25) is 14.7 Å². The van der Waals surface area contributed by atoms with Gasteiger partial charge in [0.25, 0.3) is 5.91 Å². The summed E-state index contributed by atoms with van der Waals surface area (Å²) in [6.07, 6.45) is 3.39. The van der Waals surface area contributed by atoms with Crippen molar-refractivity contribution in [3.05, 3.63) is 59.9 Å². The number of ether oxygens (including phenoxy) is 2. The Morgan fingerprint density at radius 1 is 1.19 bits per heavy atom. The number of hydrogen-bond acceptors (Lipinski definition) is 6. The van der Waals surface area contributed by atoms with Crippen molar-refractivity contribution in [2.75, 3.05) is 33.4 Å². The van der Waals surface area contributed by atoms with Crippen LogP contribution in [0.1, 0.15) is 24.1 Å². The first kappa shape index (κ1) is 19.0. The molecule has 7 heteroatoms. The van der Waals surface area contributed by atoms with Crippen LogP contribution >= 0.6 is 0 Å². The van der Waals surface area contributed by atoms with Crippen LogP contribution < -0.4 is 10.2 Å². The van der Waals surface area contributed by atoms with E-state index in [0.717, 1.165) is 22.6 Å². The lowest BCUT2D eigenvalue weighted by Gasteiger charge is -2.33. The summed E-state index contributed by atoms with van der Waals surface area (Å²) in [7, 11) is 1.63. The number of carbonyl (C=O) groups excluding carboxylic acids is 1. The average Bonchev–Trinajstić information content (AvgIpc) is 2.74. The van der Waals surface area contributed by atoms with Gasteiger partial charge in [-0.2, -0.15) is 5.10 Å². The average molecular weight is 368 g/mol. The highest BCUT2D eigenvalue weighted by molar-refractivity contribution is 5.99. The number of nitrogens with zero attached hydrogens (tertiary/aromatic N) is 3. The van der Waals surface area contributed by atoms with Gasteiger partial charge in [-0.1, -0.05) is 0 Å². The fourth-order valence-electron chi connectivity index (χ4n) is 3.01. The lowest BCUT2D eigenvalue weighted by Crippen LogP contribution is -2.45. The molecular formula is C20H24N4O3. The predicted octanol–water partition coefficient (Wildman–Crippen LogP) is 2.00. The Bertz CT molecular complexity index is 772. The molecule has 27 heavy (non-hydrogen) atoms. The first-order chi connectivity index (χ1) is 13.2. The predicted molar refractivity (Wildman–Crippen MR) is 103 cm³/mol. The SMILES string of the molecule is COc1ccc(/C(C)=N/NC(=O)C(c2ccncc2)N2CCOCC2)cc1. The zero-order chi connectivity index (χ0) is 19.1. The van der Waals surface area contributed by atoms with Crippen LogP contribution in [-0.2, 0) is 9.53 Å². The molecule has 1 aliphatic heterocycles. The largest absolute Gasteiger partial charge is 0.497 e. The Hall–Kier alpha value is -2.77. The second-order valence-electron chi connectivity index (χ2n) is 6.23. The Morgan fingerprint density at radius 2 is 1.85 bits per heavy atom. The maximum Gasteiger partial charge on any atom is 0.262 e. The number of hydrogen-bond donors (Lipinski definition) is 1. The number of hydrazone groups is 1. The second kappa shape index (κ2) is 9.25. The summed E-state index contributed by atoms with van der Waals surface area (Å²) in [5, 5.41) is 4.29. The van der Waals surface area contributed by atoms with Crippen LogP contribution in [-0.4, -0.2) is 54.9 Å². The minimum Gasteiger partial charge on any atom is -0.497 e. The molecule has 7 nitrogen and oxygen atoms in total. The van der Waals surface area contributed by atoms with Gasteiger partial charge in [-0.15, -0.1) is 0 Å². The van der Waals surface area contributed by atoms with Gasteiger partial charge >= 0.3 is 0 Å². The second-order valence-corrected chi connectivity index (χ2v) is 6.23. The zero-order valence-electron chi connectivity index (χ0n) is 15.6. The van der Waals surface area contributed by atoms with Crippen LogP contribution in [0.3, 0.4) is 0 Å². The van der Waals surface area contributed by atoms with Gasteiger partial charge < -0.3 is 9.47 Å². The van der Waals surface area contributed by atoms with E-state index in [1.54, 1.807) is 19.5 Å². The first-order valence-electron chi connectivity index (χ1n) is 8.89. The molecule has 3 rings (SSSR count). The minimum absolute atomic E-state index is 0.170. The van der Waals surface area contributed by atoms with Gasteiger partial charge in [-0.25, -0.2) is 5.43 Å².